The van der Waals surface area contributed by atoms with E-state index in [1.165, 1.54) is 57.2 Å². The molecule has 4 bridgehead atoms. The fraction of sp³-hybridized carbons (Fsp3) is 0.436. The standard InChI is InChI=1S/C48H52O14.C47H51NO14.C3H4.C2H4.CH4.H2O/c1-26-34(60-44(56)38(53)32(29-16-10-7-11-17-29)22-33(51)30-18-12-8-13-19-30)24-48(57)42(61-43(55)31-20-14-9-15-21-31)40-46(6,35(52)23-36-47(40,25-58-36)62-28(3)50)41(54)39(59-27(2)49)37(26)45(48,4)5;1-25-31(59-43(55)37(35(48)28-16-10-7-11-17-28)60-41(53)29-18-12-8-13-19-29)23-47(56)40(61-42(54)30-20-14-9-15-21-30)38-45(6,32(51)22-33-46(38,24-57-33)62-27(3)50)39(52)36(58-26(2)49)34(25)44(47,4)5;1-3-2;1-2;;/h7-21,32,34-36,38-40,42,52-53,57H,22-25H2,1-6H3;7-21,31-33,35-38,40,51,56H,22-24,48H2,1-6H3;1-2H2;1-2H2;1H4;1H2/t32-,34?,35-,36+,38+,39+,40-,42-,46+,47-,48+;31?,32-,33+,35-,36+,37?,38-,40-,45+,46-,47+;;;;/m00..../s1. The van der Waals surface area contributed by atoms with Gasteiger partial charge in [0.2, 0.25) is 6.10 Å². The van der Waals surface area contributed by atoms with Gasteiger partial charge in [0.05, 0.1) is 70.8 Å². The Kier molecular flexibility index (Phi) is 31.9. The minimum absolute atomic E-state index is 0. The number of aliphatic hydroxyl groups excluding tert-OH is 3. The molecule has 8 aliphatic rings. The predicted octanol–water partition coefficient (Wildman–Crippen LogP) is 10.3. The summed E-state index contributed by atoms with van der Waals surface area (Å²) in [5.74, 6) is -14.6. The van der Waals surface area contributed by atoms with Crippen LogP contribution in [0.15, 0.2) is 236 Å². The van der Waals surface area contributed by atoms with Crippen LogP contribution in [-0.2, 0) is 90.5 Å². The van der Waals surface area contributed by atoms with E-state index >= 15 is 9.59 Å². The first-order chi connectivity index (χ1) is 61.0. The number of carbonyl (C=O) groups is 12. The summed E-state index contributed by atoms with van der Waals surface area (Å²) < 4.78 is 66.6. The highest BCUT2D eigenvalue weighted by Gasteiger charge is 2.81. The quantitative estimate of drug-likeness (QED) is 0.0128. The molecule has 14 rings (SSSR count). The molecule has 22 atom stereocenters. The Morgan fingerprint density at radius 3 is 1.13 bits per heavy atom. The summed E-state index contributed by atoms with van der Waals surface area (Å²) in [7, 11) is 0. The van der Waals surface area contributed by atoms with Gasteiger partial charge in [-0.1, -0.05) is 194 Å². The Bertz CT molecular complexity index is 5330. The Hall–Kier alpha value is -12.1. The second kappa shape index (κ2) is 40.8. The molecule has 131 heavy (non-hydrogen) atoms. The number of ketones is 3. The van der Waals surface area contributed by atoms with E-state index in [2.05, 4.69) is 32.0 Å². The van der Waals surface area contributed by atoms with Crippen LogP contribution in [0.2, 0.25) is 0 Å². The summed E-state index contributed by atoms with van der Waals surface area (Å²) in [5, 5.41) is 63.4. The third kappa shape index (κ3) is 18.9. The number of Topliss-reactive ketones (excluding diaryl/α,β-unsaturated/α-hetero) is 3. The van der Waals surface area contributed by atoms with Gasteiger partial charge in [-0.25, -0.2) is 24.0 Å². The van der Waals surface area contributed by atoms with Gasteiger partial charge in [0.15, 0.2) is 46.9 Å². The van der Waals surface area contributed by atoms with Crippen molar-refractivity contribution in [3.63, 3.8) is 0 Å². The van der Waals surface area contributed by atoms with Crippen molar-refractivity contribution >= 4 is 71.1 Å². The molecule has 6 aliphatic carbocycles. The van der Waals surface area contributed by atoms with Gasteiger partial charge in [0.25, 0.3) is 0 Å². The lowest BCUT2D eigenvalue weighted by Crippen LogP contribution is -2.82. The molecule has 0 amide bonds. The number of hydrogen-bond donors (Lipinski definition) is 6. The maximum atomic E-state index is 15.5. The van der Waals surface area contributed by atoms with E-state index in [0.717, 1.165) is 27.7 Å². The van der Waals surface area contributed by atoms with Crippen molar-refractivity contribution < 1.29 is 141 Å². The van der Waals surface area contributed by atoms with Crippen LogP contribution in [-0.4, -0.2) is 211 Å². The van der Waals surface area contributed by atoms with Crippen molar-refractivity contribution in [2.24, 2.45) is 39.2 Å². The first-order valence-corrected chi connectivity index (χ1v) is 42.4. The van der Waals surface area contributed by atoms with E-state index in [4.69, 9.17) is 57.8 Å². The lowest BCUT2D eigenvalue weighted by molar-refractivity contribution is -0.346. The van der Waals surface area contributed by atoms with Gasteiger partial charge in [0, 0.05) is 82.1 Å². The first-order valence-electron chi connectivity index (χ1n) is 42.4. The van der Waals surface area contributed by atoms with E-state index in [0.29, 0.717) is 16.7 Å². The molecular formula is C101H117NO29. The highest BCUT2D eigenvalue weighted by Crippen LogP contribution is 2.67. The molecule has 6 aromatic rings. The van der Waals surface area contributed by atoms with E-state index < -0.39 is 219 Å². The number of carbonyl (C=O) groups excluding carboxylic acids is 12. The number of ether oxygens (including phenoxy) is 11. The average Bonchev–Trinajstić information content (AvgIpc) is 0.671. The van der Waals surface area contributed by atoms with Crippen LogP contribution in [0.1, 0.15) is 187 Å². The van der Waals surface area contributed by atoms with Gasteiger partial charge in [-0.05, 0) is 97.5 Å². The summed E-state index contributed by atoms with van der Waals surface area (Å²) in [4.78, 5) is 168. The number of esters is 9. The fourth-order valence-corrected chi connectivity index (χ4v) is 20.5. The third-order valence-electron chi connectivity index (χ3n) is 27.2. The lowest BCUT2D eigenvalue weighted by Gasteiger charge is -2.67. The molecule has 0 aromatic heterocycles. The number of rotatable bonds is 21. The molecule has 30 heteroatoms. The maximum Gasteiger partial charge on any atom is 0.350 e. The lowest BCUT2D eigenvalue weighted by atomic mass is 9.44. The van der Waals surface area contributed by atoms with Crippen LogP contribution in [0.5, 0.6) is 0 Å². The van der Waals surface area contributed by atoms with Crippen molar-refractivity contribution in [3.05, 3.63) is 270 Å². The number of hydrogen-bond acceptors (Lipinski definition) is 29. The van der Waals surface area contributed by atoms with Gasteiger partial charge < -0.3 is 88.8 Å². The minimum Gasteiger partial charge on any atom is -0.456 e. The Balaban J connectivity index is 0.000000277. The average molecular weight is 1810 g/mol. The number of fused-ring (bicyclic) bond motifs is 10. The van der Waals surface area contributed by atoms with Crippen molar-refractivity contribution in [1.82, 2.24) is 0 Å². The van der Waals surface area contributed by atoms with Crippen molar-refractivity contribution in [3.8, 4) is 0 Å². The molecule has 2 saturated heterocycles. The summed E-state index contributed by atoms with van der Waals surface area (Å²) in [5.41, 5.74) is -4.84. The Morgan fingerprint density at radius 1 is 0.481 bits per heavy atom. The smallest absolute Gasteiger partial charge is 0.350 e. The summed E-state index contributed by atoms with van der Waals surface area (Å²) in [6.07, 6.45) is -20.8. The van der Waals surface area contributed by atoms with Crippen molar-refractivity contribution in [2.45, 2.75) is 230 Å². The number of benzene rings is 6. The van der Waals surface area contributed by atoms with Gasteiger partial charge >= 0.3 is 53.7 Å². The zero-order chi connectivity index (χ0) is 94.6. The molecule has 0 radical (unpaired) electrons. The maximum absolute atomic E-state index is 15.5. The molecule has 9 N–H and O–H groups in total. The summed E-state index contributed by atoms with van der Waals surface area (Å²) in [6.45, 7) is 28.3. The van der Waals surface area contributed by atoms with Gasteiger partial charge in [-0.3, -0.25) is 33.6 Å². The largest absolute Gasteiger partial charge is 0.456 e. The molecule has 4 saturated carbocycles. The molecule has 3 unspecified atom stereocenters. The van der Waals surface area contributed by atoms with Crippen molar-refractivity contribution in [2.75, 3.05) is 13.2 Å². The fourth-order valence-electron chi connectivity index (χ4n) is 20.5. The molecular weight excluding hydrogens is 1690 g/mol. The molecule has 6 fully saturated rings. The summed E-state index contributed by atoms with van der Waals surface area (Å²) in [6, 6.07) is 47.7. The van der Waals surface area contributed by atoms with Crippen LogP contribution in [0.3, 0.4) is 0 Å². The minimum atomic E-state index is -2.38. The summed E-state index contributed by atoms with van der Waals surface area (Å²) >= 11 is 0. The van der Waals surface area contributed by atoms with Crippen LogP contribution in [0.4, 0.5) is 0 Å². The zero-order valence-corrected chi connectivity index (χ0v) is 74.5. The molecule has 30 nitrogen and oxygen atoms in total. The van der Waals surface area contributed by atoms with E-state index in [-0.39, 0.29) is 90.1 Å². The number of nitrogens with two attached hydrogens (primary N) is 1. The zero-order valence-electron chi connectivity index (χ0n) is 74.5. The molecule has 700 valence electrons. The molecule has 2 heterocycles. The van der Waals surface area contributed by atoms with E-state index in [9.17, 15) is 73.5 Å². The Morgan fingerprint density at radius 2 is 0.802 bits per heavy atom. The number of aliphatic hydroxyl groups is 5. The van der Waals surface area contributed by atoms with Crippen LogP contribution < -0.4 is 5.73 Å². The van der Waals surface area contributed by atoms with Gasteiger partial charge in [0.1, 0.15) is 47.8 Å². The second-order valence-corrected chi connectivity index (χ2v) is 35.2. The third-order valence-corrected chi connectivity index (χ3v) is 27.2. The van der Waals surface area contributed by atoms with Gasteiger partial charge in [-0.2, -0.15) is 0 Å². The van der Waals surface area contributed by atoms with Crippen LogP contribution >= 0.6 is 0 Å². The first kappa shape index (κ1) is 103. The van der Waals surface area contributed by atoms with Crippen molar-refractivity contribution in [1.29, 1.82) is 0 Å². The molecule has 6 aromatic carbocycles. The topological polar surface area (TPSA) is 465 Å². The van der Waals surface area contributed by atoms with E-state index in [1.807, 2.05) is 0 Å². The van der Waals surface area contributed by atoms with E-state index in [1.54, 1.807) is 180 Å². The van der Waals surface area contributed by atoms with Gasteiger partial charge in [-0.15, -0.1) is 18.9 Å². The Labute approximate surface area is 760 Å². The predicted molar refractivity (Wildman–Crippen MR) is 473 cm³/mol. The van der Waals surface area contributed by atoms with Crippen LogP contribution in [0.25, 0.3) is 0 Å². The SMILES string of the molecule is C.C=C.C=C=C.CC(=O)O[C@H]1C(=O)[C@@]2(C)[C@H]([C@H](OC(=O)c3ccccc3)[C@]3(O)CC(OC(=O)C(OC(=O)c4ccccc4)[C@@H](N)c4ccccc4)C(C)=C1C3(C)C)[C@]1(OC(C)=O)CO[C@@H]1C[C@@H]2O.CC(=O)O[C@H]1C(=O)[C@@]2(C)[C@H]([C@H](OC(=O)c3ccccc3)[C@]3(O)CC(OC(=O)[C@H](O)[C@@H](CC(=O)c4ccccc4)c4ccccc4)C(C)=C1C3(C)C)[C@]1(OC(C)=O)CO[C@@H]1C[C@@H]2O.O. The van der Waals surface area contributed by atoms with Crippen LogP contribution in [0, 0.1) is 33.5 Å². The molecule has 0 spiro atoms. The normalized spacial score (nSPS) is 30.3. The highest BCUT2D eigenvalue weighted by molar-refractivity contribution is 5.99. The monoisotopic (exact) mass is 1810 g/mol. The molecule has 2 aliphatic heterocycles. The highest BCUT2D eigenvalue weighted by atomic mass is 16.7. The second-order valence-electron chi connectivity index (χ2n) is 35.2.